The Bertz CT molecular complexity index is 987. The molecule has 2 aromatic carbocycles. The van der Waals surface area contributed by atoms with Crippen molar-refractivity contribution in [2.24, 2.45) is 5.10 Å². The summed E-state index contributed by atoms with van der Waals surface area (Å²) in [6, 6.07) is 20.9. The van der Waals surface area contributed by atoms with E-state index in [1.165, 1.54) is 11.1 Å². The summed E-state index contributed by atoms with van der Waals surface area (Å²) in [7, 11) is 0. The Morgan fingerprint density at radius 3 is 2.54 bits per heavy atom. The quantitative estimate of drug-likeness (QED) is 0.646. The fourth-order valence-electron chi connectivity index (χ4n) is 3.73. The molecule has 0 N–H and O–H groups in total. The molecule has 3 aromatic rings. The number of hydrogen-bond acceptors (Lipinski definition) is 4. The number of nitrogens with zero attached hydrogens (tertiary/aromatic N) is 2. The van der Waals surface area contributed by atoms with Crippen molar-refractivity contribution in [2.45, 2.75) is 32.5 Å². The summed E-state index contributed by atoms with van der Waals surface area (Å²) < 4.78 is 12.1. The van der Waals surface area contributed by atoms with Gasteiger partial charge in [-0.2, -0.15) is 5.10 Å². The highest BCUT2D eigenvalue weighted by atomic mass is 16.5. The van der Waals surface area contributed by atoms with Gasteiger partial charge in [-0.25, -0.2) is 5.01 Å². The third-order valence-corrected chi connectivity index (χ3v) is 5.09. The molecule has 0 fully saturated rings. The van der Waals surface area contributed by atoms with Crippen molar-refractivity contribution in [2.75, 3.05) is 0 Å². The van der Waals surface area contributed by atoms with E-state index >= 15 is 0 Å². The van der Waals surface area contributed by atoms with Gasteiger partial charge in [-0.15, -0.1) is 0 Å². The maximum absolute atomic E-state index is 6.27. The maximum atomic E-state index is 6.27. The summed E-state index contributed by atoms with van der Waals surface area (Å²) in [6.45, 7) is 4.05. The smallest absolute Gasteiger partial charge is 0.246 e. The van der Waals surface area contributed by atoms with Gasteiger partial charge in [0.2, 0.25) is 6.23 Å². The highest BCUT2D eigenvalue weighted by Crippen LogP contribution is 2.47. The van der Waals surface area contributed by atoms with Crippen LogP contribution in [0.1, 0.15) is 46.9 Å². The van der Waals surface area contributed by atoms with E-state index in [2.05, 4.69) is 48.3 Å². The second kappa shape index (κ2) is 5.77. The summed E-state index contributed by atoms with van der Waals surface area (Å²) in [4.78, 5) is 0. The zero-order chi connectivity index (χ0) is 17.7. The van der Waals surface area contributed by atoms with E-state index in [0.29, 0.717) is 0 Å². The minimum absolute atomic E-state index is 0.159. The van der Waals surface area contributed by atoms with Crippen molar-refractivity contribution >= 4 is 5.71 Å². The summed E-state index contributed by atoms with van der Waals surface area (Å²) in [5.74, 6) is 2.57. The number of hydrazone groups is 1. The van der Waals surface area contributed by atoms with Crippen molar-refractivity contribution in [3.8, 4) is 5.75 Å². The molecule has 2 aliphatic heterocycles. The van der Waals surface area contributed by atoms with Gasteiger partial charge >= 0.3 is 0 Å². The Labute approximate surface area is 152 Å². The maximum Gasteiger partial charge on any atom is 0.246 e. The summed E-state index contributed by atoms with van der Waals surface area (Å²) in [5, 5.41) is 6.99. The fraction of sp³-hybridized carbons (Fsp3) is 0.227. The molecule has 4 heteroatoms. The second-order valence-corrected chi connectivity index (χ2v) is 6.97. The van der Waals surface area contributed by atoms with E-state index in [0.717, 1.165) is 35.0 Å². The van der Waals surface area contributed by atoms with Crippen molar-refractivity contribution in [3.63, 3.8) is 0 Å². The largest absolute Gasteiger partial charge is 0.461 e. The van der Waals surface area contributed by atoms with E-state index in [4.69, 9.17) is 14.3 Å². The molecule has 4 nitrogen and oxygen atoms in total. The van der Waals surface area contributed by atoms with Crippen LogP contribution in [-0.2, 0) is 0 Å². The molecule has 0 saturated carbocycles. The highest BCUT2D eigenvalue weighted by Gasteiger charge is 2.42. The molecule has 0 spiro atoms. The molecule has 0 radical (unpaired) electrons. The molecular formula is C22H20N2O2. The molecule has 26 heavy (non-hydrogen) atoms. The molecule has 5 rings (SSSR count). The number of para-hydroxylation sites is 1. The van der Waals surface area contributed by atoms with Gasteiger partial charge in [0.1, 0.15) is 11.5 Å². The molecular weight excluding hydrogens is 324 g/mol. The lowest BCUT2D eigenvalue weighted by atomic mass is 9.96. The number of hydrogen-bond donors (Lipinski definition) is 0. The monoisotopic (exact) mass is 344 g/mol. The number of aryl methyl sites for hydroxylation is 2. The van der Waals surface area contributed by atoms with Crippen LogP contribution in [0, 0.1) is 13.8 Å². The number of furan rings is 1. The van der Waals surface area contributed by atoms with Crippen LogP contribution in [0.4, 0.5) is 0 Å². The van der Waals surface area contributed by atoms with Crippen molar-refractivity contribution in [1.29, 1.82) is 0 Å². The van der Waals surface area contributed by atoms with E-state index in [1.54, 1.807) is 0 Å². The second-order valence-electron chi connectivity index (χ2n) is 6.97. The molecule has 3 heterocycles. The average Bonchev–Trinajstić information content (AvgIpc) is 3.28. The van der Waals surface area contributed by atoms with Crippen LogP contribution in [0.25, 0.3) is 0 Å². The predicted molar refractivity (Wildman–Crippen MR) is 100 cm³/mol. The Balaban J connectivity index is 1.59. The number of rotatable bonds is 2. The van der Waals surface area contributed by atoms with Crippen LogP contribution >= 0.6 is 0 Å². The first-order chi connectivity index (χ1) is 12.7. The minimum atomic E-state index is -0.341. The Morgan fingerprint density at radius 2 is 1.77 bits per heavy atom. The van der Waals surface area contributed by atoms with Gasteiger partial charge < -0.3 is 9.15 Å². The lowest BCUT2D eigenvalue weighted by Crippen LogP contribution is -2.33. The zero-order valence-electron chi connectivity index (χ0n) is 14.8. The molecule has 0 amide bonds. The molecule has 2 aliphatic rings. The van der Waals surface area contributed by atoms with Gasteiger partial charge in [-0.05, 0) is 37.6 Å². The van der Waals surface area contributed by atoms with Gasteiger partial charge in [0.05, 0.1) is 11.8 Å². The third-order valence-electron chi connectivity index (χ3n) is 5.09. The molecule has 1 aromatic heterocycles. The van der Waals surface area contributed by atoms with E-state index < -0.39 is 0 Å². The van der Waals surface area contributed by atoms with Gasteiger partial charge in [-0.1, -0.05) is 48.0 Å². The predicted octanol–water partition coefficient (Wildman–Crippen LogP) is 5.14. The standard InChI is InChI=1S/C22H20N2O2/c1-14-7-10-16(11-8-14)18-13-19-17-5-3-4-6-20(17)26-22(24(19)23-18)21-12-9-15(2)25-21/h3-12,19,22H,13H2,1-2H3. The first kappa shape index (κ1) is 15.3. The van der Waals surface area contributed by atoms with Gasteiger partial charge in [0.25, 0.3) is 0 Å². The van der Waals surface area contributed by atoms with E-state index in [9.17, 15) is 0 Å². The Morgan fingerprint density at radius 1 is 0.962 bits per heavy atom. The summed E-state index contributed by atoms with van der Waals surface area (Å²) in [6.07, 6.45) is 0.520. The normalized spacial score (nSPS) is 21.0. The number of benzene rings is 2. The van der Waals surface area contributed by atoms with Crippen molar-refractivity contribution in [3.05, 3.63) is 88.9 Å². The summed E-state index contributed by atoms with van der Waals surface area (Å²) >= 11 is 0. The van der Waals surface area contributed by atoms with E-state index in [-0.39, 0.29) is 12.3 Å². The lowest BCUT2D eigenvalue weighted by molar-refractivity contribution is -0.0329. The van der Waals surface area contributed by atoms with Crippen molar-refractivity contribution < 1.29 is 9.15 Å². The fourth-order valence-corrected chi connectivity index (χ4v) is 3.73. The molecule has 0 aliphatic carbocycles. The van der Waals surface area contributed by atoms with E-state index in [1.807, 2.05) is 31.2 Å². The van der Waals surface area contributed by atoms with Crippen LogP contribution in [0.15, 0.2) is 70.2 Å². The molecule has 2 atom stereocenters. The van der Waals surface area contributed by atoms with Crippen LogP contribution in [0.3, 0.4) is 0 Å². The SMILES string of the molecule is Cc1ccc(C2=NN3C(C2)c2ccccc2OC3c2ccc(C)o2)cc1. The van der Waals surface area contributed by atoms with Crippen LogP contribution < -0.4 is 4.74 Å². The van der Waals surface area contributed by atoms with Gasteiger partial charge in [0.15, 0.2) is 5.76 Å². The van der Waals surface area contributed by atoms with Crippen LogP contribution in [-0.4, -0.2) is 10.7 Å². The molecule has 130 valence electrons. The lowest BCUT2D eigenvalue weighted by Gasteiger charge is -2.36. The zero-order valence-corrected chi connectivity index (χ0v) is 14.8. The van der Waals surface area contributed by atoms with Gasteiger partial charge in [-0.3, -0.25) is 0 Å². The highest BCUT2D eigenvalue weighted by molar-refractivity contribution is 6.02. The topological polar surface area (TPSA) is 38.0 Å². The van der Waals surface area contributed by atoms with Gasteiger partial charge in [0, 0.05) is 12.0 Å². The van der Waals surface area contributed by atoms with Crippen molar-refractivity contribution in [1.82, 2.24) is 5.01 Å². The Hall–Kier alpha value is -3.01. The number of fused-ring (bicyclic) bond motifs is 3. The number of ether oxygens (including phenoxy) is 1. The summed E-state index contributed by atoms with van der Waals surface area (Å²) in [5.41, 5.74) is 4.68. The molecule has 0 bridgehead atoms. The van der Waals surface area contributed by atoms with Crippen LogP contribution in [0.2, 0.25) is 0 Å². The first-order valence-electron chi connectivity index (χ1n) is 8.94. The Kier molecular flexibility index (Phi) is 3.38. The minimum Gasteiger partial charge on any atom is -0.461 e. The third kappa shape index (κ3) is 2.41. The average molecular weight is 344 g/mol. The first-order valence-corrected chi connectivity index (χ1v) is 8.94. The molecule has 0 saturated heterocycles. The molecule has 2 unspecified atom stereocenters. The van der Waals surface area contributed by atoms with Crippen LogP contribution in [0.5, 0.6) is 5.75 Å².